The van der Waals surface area contributed by atoms with Gasteiger partial charge in [-0.2, -0.15) is 0 Å². The first-order valence-electron chi connectivity index (χ1n) is 0.252. The molecule has 0 aliphatic heterocycles. The Morgan fingerprint density at radius 1 is 1.25 bits per heavy atom. The van der Waals surface area contributed by atoms with Gasteiger partial charge >= 0.3 is 33.2 Å². The van der Waals surface area contributed by atoms with Gasteiger partial charge in [-0.05, 0) is 0 Å². The molecule has 4 heavy (non-hydrogen) atoms. The van der Waals surface area contributed by atoms with Crippen LogP contribution in [0.5, 0.6) is 0 Å². The molecular weight excluding hydrogens is 186 g/mol. The van der Waals surface area contributed by atoms with Crippen molar-refractivity contribution in [2.45, 2.75) is 0 Å². The van der Waals surface area contributed by atoms with Gasteiger partial charge in [0, 0.05) is 17.1 Å². The molecule has 0 N–H and O–H groups in total. The van der Waals surface area contributed by atoms with Crippen molar-refractivity contribution in [2.24, 2.45) is 0 Å². The van der Waals surface area contributed by atoms with Gasteiger partial charge in [0.15, 0.2) is 0 Å². The molecule has 0 aromatic heterocycles. The summed E-state index contributed by atoms with van der Waals surface area (Å²) in [5.74, 6) is 0. The summed E-state index contributed by atoms with van der Waals surface area (Å²) in [6, 6.07) is 0. The normalized spacial score (nSPS) is 5.50. The van der Waals surface area contributed by atoms with E-state index in [2.05, 4.69) is 0 Å². The maximum Gasteiger partial charge on any atom is 0 e. The number of halogens is 2. The van der Waals surface area contributed by atoms with E-state index in [4.69, 9.17) is 20.3 Å². The Morgan fingerprint density at radius 2 is 1.25 bits per heavy atom. The second-order valence-electron chi connectivity index (χ2n) is 0.0476. The fourth-order valence-electron chi connectivity index (χ4n) is 0. The Morgan fingerprint density at radius 3 is 1.25 bits per heavy atom. The first-order valence-corrected chi connectivity index (χ1v) is 3.12. The molecule has 0 aromatic rings. The quantitative estimate of drug-likeness (QED) is 0.501. The van der Waals surface area contributed by atoms with E-state index in [-0.39, 0.29) is 17.1 Å². The van der Waals surface area contributed by atoms with E-state index in [1.807, 2.05) is 0 Å². The predicted molar refractivity (Wildman–Crippen MR) is 11.7 cm³/mol. The van der Waals surface area contributed by atoms with Crippen molar-refractivity contribution in [3.8, 4) is 0 Å². The average Bonchev–Trinajstić information content (AvgIpc) is 0.918. The minimum atomic E-state index is 0. The van der Waals surface area contributed by atoms with Gasteiger partial charge < -0.3 is 0 Å². The van der Waals surface area contributed by atoms with Crippen LogP contribution in [0.25, 0.3) is 0 Å². The van der Waals surface area contributed by atoms with E-state index in [1.165, 1.54) is 0 Å². The minimum absolute atomic E-state index is 0. The molecule has 0 bridgehead atoms. The van der Waals surface area contributed by atoms with Gasteiger partial charge in [0.1, 0.15) is 0 Å². The molecule has 0 unspecified atom stereocenters. The van der Waals surface area contributed by atoms with Crippen LogP contribution in [-0.2, 0) is 30.0 Å². The van der Waals surface area contributed by atoms with Gasteiger partial charge in [0.2, 0.25) is 0 Å². The van der Waals surface area contributed by atoms with Gasteiger partial charge in [-0.1, -0.05) is 0 Å². The zero-order valence-corrected chi connectivity index (χ0v) is 5.10. The summed E-state index contributed by atoms with van der Waals surface area (Å²) in [5, 5.41) is 0. The SMILES string of the molecule is [Cl][Co][Cl].[Fe]. The number of hydrogen-bond donors (Lipinski definition) is 0. The second kappa shape index (κ2) is 8.82. The Bertz CT molecular complexity index is 6.00. The molecule has 0 rings (SSSR count). The molecule has 0 atom stereocenters. The van der Waals surface area contributed by atoms with Crippen LogP contribution in [0.4, 0.5) is 0 Å². The fraction of sp³-hybridized carbons (Fsp3) is 0. The third-order valence-electron chi connectivity index (χ3n) is 0. The van der Waals surface area contributed by atoms with Crippen molar-refractivity contribution in [1.29, 1.82) is 0 Å². The molecule has 31 valence electrons. The Balaban J connectivity index is 0. The van der Waals surface area contributed by atoms with E-state index in [0.717, 1.165) is 0 Å². The van der Waals surface area contributed by atoms with Crippen molar-refractivity contribution in [2.75, 3.05) is 0 Å². The van der Waals surface area contributed by atoms with Crippen LogP contribution in [0.1, 0.15) is 0 Å². The van der Waals surface area contributed by atoms with Gasteiger partial charge in [-0.15, -0.1) is 0 Å². The van der Waals surface area contributed by atoms with E-state index < -0.39 is 0 Å². The molecule has 0 fully saturated rings. The van der Waals surface area contributed by atoms with E-state index >= 15 is 0 Å². The molecule has 0 aromatic carbocycles. The first-order chi connectivity index (χ1) is 1.41. The largest absolute Gasteiger partial charge is 0 e. The molecule has 0 saturated carbocycles. The summed E-state index contributed by atoms with van der Waals surface area (Å²) in [6.07, 6.45) is 0. The summed E-state index contributed by atoms with van der Waals surface area (Å²) < 4.78 is 0. The standard InChI is InChI=1S/2ClH.Co.Fe/h2*1H;;/q;;+2;/p-2. The summed E-state index contributed by atoms with van der Waals surface area (Å²) in [5.41, 5.74) is 0. The molecule has 0 heterocycles. The van der Waals surface area contributed by atoms with Crippen LogP contribution in [-0.4, -0.2) is 0 Å². The van der Waals surface area contributed by atoms with Crippen molar-refractivity contribution in [3.05, 3.63) is 0 Å². The van der Waals surface area contributed by atoms with Crippen LogP contribution in [0.3, 0.4) is 0 Å². The zero-order valence-electron chi connectivity index (χ0n) is 1.44. The number of rotatable bonds is 0. The average molecular weight is 186 g/mol. The molecular formula is Cl2CoFe. The van der Waals surface area contributed by atoms with Crippen LogP contribution in [0, 0.1) is 0 Å². The van der Waals surface area contributed by atoms with Crippen molar-refractivity contribution < 1.29 is 30.0 Å². The predicted octanol–water partition coefficient (Wildman–Crippen LogP) is 1.37. The Hall–Kier alpha value is 1.61. The molecule has 0 amide bonds. The Kier molecular flexibility index (Phi) is 20.2. The van der Waals surface area contributed by atoms with Gasteiger partial charge in [-0.3, -0.25) is 0 Å². The van der Waals surface area contributed by atoms with Crippen LogP contribution < -0.4 is 0 Å². The summed E-state index contributed by atoms with van der Waals surface area (Å²) in [4.78, 5) is 0. The van der Waals surface area contributed by atoms with Crippen LogP contribution >= 0.6 is 20.3 Å². The van der Waals surface area contributed by atoms with Gasteiger partial charge in [-0.25, -0.2) is 0 Å². The Labute approximate surface area is 50.2 Å². The van der Waals surface area contributed by atoms with E-state index in [1.54, 1.807) is 0 Å². The first kappa shape index (κ1) is 9.15. The topological polar surface area (TPSA) is 0 Å². The van der Waals surface area contributed by atoms with E-state index in [9.17, 15) is 0 Å². The van der Waals surface area contributed by atoms with Gasteiger partial charge in [0.25, 0.3) is 0 Å². The van der Waals surface area contributed by atoms with E-state index in [0.29, 0.717) is 12.9 Å². The molecule has 4 heteroatoms. The third kappa shape index (κ3) is 9.49. The minimum Gasteiger partial charge on any atom is 0 e. The third-order valence-corrected chi connectivity index (χ3v) is 0. The summed E-state index contributed by atoms with van der Waals surface area (Å²) in [7, 11) is 9.47. The van der Waals surface area contributed by atoms with Crippen LogP contribution in [0.15, 0.2) is 0 Å². The van der Waals surface area contributed by atoms with Crippen molar-refractivity contribution >= 4 is 20.3 Å². The fourth-order valence-corrected chi connectivity index (χ4v) is 0. The maximum atomic E-state index is 4.73. The smallest absolute Gasteiger partial charge is 0 e. The zero-order chi connectivity index (χ0) is 2.71. The monoisotopic (exact) mass is 185 g/mol. The number of hydrogen-bond acceptors (Lipinski definition) is 0. The molecule has 0 saturated heterocycles. The molecule has 0 aliphatic carbocycles. The summed E-state index contributed by atoms with van der Waals surface area (Å²) in [6.45, 7) is 0. The molecule has 0 aliphatic rings. The van der Waals surface area contributed by atoms with Crippen molar-refractivity contribution in [3.63, 3.8) is 0 Å². The molecule has 0 nitrogen and oxygen atoms in total. The summed E-state index contributed by atoms with van der Waals surface area (Å²) >= 11 is 0.382. The van der Waals surface area contributed by atoms with Gasteiger partial charge in [0.05, 0.1) is 0 Å². The molecule has 0 radical (unpaired) electrons. The molecule has 0 spiro atoms. The van der Waals surface area contributed by atoms with Crippen molar-refractivity contribution in [1.82, 2.24) is 0 Å². The van der Waals surface area contributed by atoms with Crippen LogP contribution in [0.2, 0.25) is 0 Å². The maximum absolute atomic E-state index is 4.73. The second-order valence-corrected chi connectivity index (χ2v) is 1.77.